The largest absolute Gasteiger partial charge is 0.436 e. The lowest BCUT2D eigenvalue weighted by Gasteiger charge is -2.00. The van der Waals surface area contributed by atoms with Crippen LogP contribution in [0.4, 0.5) is 0 Å². The van der Waals surface area contributed by atoms with Crippen LogP contribution in [0.5, 0.6) is 0 Å². The molecule has 0 saturated heterocycles. The Morgan fingerprint density at radius 1 is 1.39 bits per heavy atom. The first-order valence-electron chi connectivity index (χ1n) is 5.17. The molecule has 2 aromatic heterocycles. The van der Waals surface area contributed by atoms with Crippen molar-refractivity contribution in [1.29, 1.82) is 0 Å². The molecule has 0 aliphatic carbocycles. The van der Waals surface area contributed by atoms with E-state index < -0.39 is 0 Å². The van der Waals surface area contributed by atoms with Gasteiger partial charge in [-0.1, -0.05) is 11.2 Å². The lowest BCUT2D eigenvalue weighted by molar-refractivity contribution is 0.318. The molecule has 0 spiro atoms. The number of oxazole rings is 1. The number of pyridine rings is 1. The third-order valence-electron chi connectivity index (χ3n) is 2.29. The summed E-state index contributed by atoms with van der Waals surface area (Å²) in [6.45, 7) is 3.73. The molecule has 94 valence electrons. The van der Waals surface area contributed by atoms with Gasteiger partial charge in [-0.2, -0.15) is 0 Å². The first-order valence-corrected chi connectivity index (χ1v) is 5.98. The van der Waals surface area contributed by atoms with Crippen LogP contribution in [0.1, 0.15) is 17.1 Å². The Kier molecular flexibility index (Phi) is 3.52. The molecule has 0 bridgehead atoms. The van der Waals surface area contributed by atoms with Gasteiger partial charge in [0.25, 0.3) is 5.22 Å². The fourth-order valence-corrected chi connectivity index (χ4v) is 2.06. The highest BCUT2D eigenvalue weighted by atomic mass is 32.2. The van der Waals surface area contributed by atoms with E-state index in [1.807, 2.05) is 13.8 Å². The van der Waals surface area contributed by atoms with E-state index in [-0.39, 0.29) is 5.84 Å². The van der Waals surface area contributed by atoms with Gasteiger partial charge < -0.3 is 15.4 Å². The Bertz CT molecular complexity index is 575. The van der Waals surface area contributed by atoms with E-state index in [2.05, 4.69) is 15.1 Å². The normalized spacial score (nSPS) is 11.8. The summed E-state index contributed by atoms with van der Waals surface area (Å²) in [5, 5.41) is 12.7. The number of amidine groups is 1. The molecule has 0 unspecified atom stereocenters. The van der Waals surface area contributed by atoms with Gasteiger partial charge in [-0.3, -0.25) is 0 Å². The van der Waals surface area contributed by atoms with Gasteiger partial charge in [-0.25, -0.2) is 9.97 Å². The Morgan fingerprint density at radius 2 is 2.17 bits per heavy atom. The van der Waals surface area contributed by atoms with Crippen molar-refractivity contribution in [3.8, 4) is 0 Å². The summed E-state index contributed by atoms with van der Waals surface area (Å²) in [4.78, 5) is 8.47. The van der Waals surface area contributed by atoms with Gasteiger partial charge >= 0.3 is 0 Å². The highest BCUT2D eigenvalue weighted by Gasteiger charge is 2.09. The number of aryl methyl sites for hydroxylation is 2. The lowest BCUT2D eigenvalue weighted by Crippen LogP contribution is -2.14. The molecule has 0 amide bonds. The molecule has 3 N–H and O–H groups in total. The van der Waals surface area contributed by atoms with Crippen molar-refractivity contribution < 1.29 is 9.62 Å². The maximum atomic E-state index is 8.59. The Morgan fingerprint density at radius 3 is 2.78 bits per heavy atom. The van der Waals surface area contributed by atoms with E-state index in [1.54, 1.807) is 18.2 Å². The smallest absolute Gasteiger partial charge is 0.262 e. The molecule has 2 aromatic rings. The summed E-state index contributed by atoms with van der Waals surface area (Å²) < 4.78 is 5.45. The highest BCUT2D eigenvalue weighted by molar-refractivity contribution is 7.99. The van der Waals surface area contributed by atoms with Crippen LogP contribution < -0.4 is 5.73 Å². The third-order valence-corrected chi connectivity index (χ3v) is 3.08. The van der Waals surface area contributed by atoms with Crippen LogP contribution in [-0.4, -0.2) is 21.0 Å². The zero-order chi connectivity index (χ0) is 13.1. The maximum Gasteiger partial charge on any atom is 0.262 e. The molecule has 6 nitrogen and oxygen atoms in total. The number of hydrogen-bond donors (Lipinski definition) is 2. The van der Waals surface area contributed by atoms with Gasteiger partial charge in [-0.05, 0) is 37.7 Å². The molecule has 2 rings (SSSR count). The van der Waals surface area contributed by atoms with Crippen molar-refractivity contribution in [2.24, 2.45) is 10.9 Å². The topological polar surface area (TPSA) is 97.5 Å². The second kappa shape index (κ2) is 5.09. The van der Waals surface area contributed by atoms with Crippen LogP contribution in [0.15, 0.2) is 38.0 Å². The monoisotopic (exact) mass is 264 g/mol. The van der Waals surface area contributed by atoms with Crippen LogP contribution >= 0.6 is 11.8 Å². The molecule has 0 atom stereocenters. The van der Waals surface area contributed by atoms with Gasteiger partial charge in [0.1, 0.15) is 16.5 Å². The number of aromatic nitrogens is 2. The average molecular weight is 264 g/mol. The molecule has 2 heterocycles. The minimum atomic E-state index is -0.0304. The Hall–Kier alpha value is -2.02. The zero-order valence-electron chi connectivity index (χ0n) is 9.91. The van der Waals surface area contributed by atoms with Crippen LogP contribution in [0.25, 0.3) is 0 Å². The van der Waals surface area contributed by atoms with Crippen LogP contribution in [-0.2, 0) is 0 Å². The number of oxime groups is 1. The van der Waals surface area contributed by atoms with Gasteiger partial charge in [0.15, 0.2) is 5.84 Å². The number of nitrogens with two attached hydrogens (primary N) is 1. The summed E-state index contributed by atoms with van der Waals surface area (Å²) in [5.74, 6) is 0.752. The molecular weight excluding hydrogens is 252 g/mol. The van der Waals surface area contributed by atoms with E-state index in [0.717, 1.165) is 11.5 Å². The van der Waals surface area contributed by atoms with Crippen molar-refractivity contribution in [3.05, 3.63) is 35.3 Å². The van der Waals surface area contributed by atoms with Gasteiger partial charge in [-0.15, -0.1) is 0 Å². The number of hydrogen-bond acceptors (Lipinski definition) is 6. The summed E-state index contributed by atoms with van der Waals surface area (Å²) >= 11 is 1.28. The van der Waals surface area contributed by atoms with E-state index in [1.165, 1.54) is 11.8 Å². The predicted molar refractivity (Wildman–Crippen MR) is 66.8 cm³/mol. The van der Waals surface area contributed by atoms with Crippen LogP contribution in [0, 0.1) is 13.8 Å². The summed E-state index contributed by atoms with van der Waals surface area (Å²) in [7, 11) is 0. The van der Waals surface area contributed by atoms with E-state index >= 15 is 0 Å². The average Bonchev–Trinajstić information content (AvgIpc) is 2.67. The van der Waals surface area contributed by atoms with Crippen LogP contribution in [0.2, 0.25) is 0 Å². The SMILES string of the molecule is Cc1nc(Sc2cccc(/C(N)=N/O)n2)oc1C. The van der Waals surface area contributed by atoms with E-state index in [9.17, 15) is 0 Å². The molecule has 0 aromatic carbocycles. The van der Waals surface area contributed by atoms with Crippen molar-refractivity contribution in [2.75, 3.05) is 0 Å². The first kappa shape index (κ1) is 12.4. The van der Waals surface area contributed by atoms with Gasteiger partial charge in [0, 0.05) is 0 Å². The zero-order valence-corrected chi connectivity index (χ0v) is 10.7. The lowest BCUT2D eigenvalue weighted by atomic mass is 10.3. The molecule has 0 saturated carbocycles. The fourth-order valence-electron chi connectivity index (χ4n) is 1.24. The summed E-state index contributed by atoms with van der Waals surface area (Å²) in [6.07, 6.45) is 0. The molecule has 18 heavy (non-hydrogen) atoms. The van der Waals surface area contributed by atoms with E-state index in [4.69, 9.17) is 15.4 Å². The van der Waals surface area contributed by atoms with Crippen molar-refractivity contribution in [1.82, 2.24) is 9.97 Å². The van der Waals surface area contributed by atoms with Crippen LogP contribution in [0.3, 0.4) is 0 Å². The Balaban J connectivity index is 2.24. The number of nitrogens with zero attached hydrogens (tertiary/aromatic N) is 3. The first-order chi connectivity index (χ1) is 8.60. The molecule has 0 fully saturated rings. The fraction of sp³-hybridized carbons (Fsp3) is 0.182. The molecule has 0 aliphatic rings. The van der Waals surface area contributed by atoms with E-state index in [0.29, 0.717) is 15.9 Å². The molecular formula is C11H12N4O2S. The van der Waals surface area contributed by atoms with Gasteiger partial charge in [0.05, 0.1) is 5.69 Å². The van der Waals surface area contributed by atoms with Crippen molar-refractivity contribution in [2.45, 2.75) is 24.1 Å². The second-order valence-corrected chi connectivity index (χ2v) is 4.54. The minimum Gasteiger partial charge on any atom is -0.436 e. The summed E-state index contributed by atoms with van der Waals surface area (Å²) in [5.41, 5.74) is 6.73. The predicted octanol–water partition coefficient (Wildman–Crippen LogP) is 1.93. The summed E-state index contributed by atoms with van der Waals surface area (Å²) in [6, 6.07) is 5.23. The van der Waals surface area contributed by atoms with Gasteiger partial charge in [0.2, 0.25) is 0 Å². The quantitative estimate of drug-likeness (QED) is 0.380. The maximum absolute atomic E-state index is 8.59. The Labute approximate surface area is 108 Å². The molecule has 7 heteroatoms. The highest BCUT2D eigenvalue weighted by Crippen LogP contribution is 2.26. The minimum absolute atomic E-state index is 0.0304. The number of rotatable bonds is 3. The molecule has 0 radical (unpaired) electrons. The molecule has 0 aliphatic heterocycles. The second-order valence-electron chi connectivity index (χ2n) is 3.57. The van der Waals surface area contributed by atoms with Crippen molar-refractivity contribution >= 4 is 17.6 Å². The third kappa shape index (κ3) is 2.62. The standard InChI is InChI=1S/C11H12N4O2S/c1-6-7(2)17-11(13-6)18-9-5-3-4-8(14-9)10(12)15-16/h3-5,16H,1-2H3,(H2,12,15). The van der Waals surface area contributed by atoms with Crippen molar-refractivity contribution in [3.63, 3.8) is 0 Å².